The van der Waals surface area contributed by atoms with E-state index < -0.39 is 15.8 Å². The summed E-state index contributed by atoms with van der Waals surface area (Å²) >= 11 is 0. The first-order valence-corrected chi connectivity index (χ1v) is 7.19. The molecule has 0 aliphatic heterocycles. The maximum Gasteiger partial charge on any atom is 0.277 e. The molecular formula is C10H24N2O3S. The van der Waals surface area contributed by atoms with Gasteiger partial charge in [-0.1, -0.05) is 27.7 Å². The molecule has 0 aromatic rings. The summed E-state index contributed by atoms with van der Waals surface area (Å²) in [6.07, 6.45) is 1.05. The first-order valence-electron chi connectivity index (χ1n) is 5.71. The Morgan fingerprint density at radius 2 is 1.69 bits per heavy atom. The van der Waals surface area contributed by atoms with Gasteiger partial charge in [-0.15, -0.1) is 0 Å². The van der Waals surface area contributed by atoms with Crippen LogP contribution in [0.2, 0.25) is 0 Å². The largest absolute Gasteiger partial charge is 0.389 e. The van der Waals surface area contributed by atoms with E-state index in [4.69, 9.17) is 0 Å². The minimum Gasteiger partial charge on any atom is -0.389 e. The zero-order chi connectivity index (χ0) is 12.8. The lowest BCUT2D eigenvalue weighted by Crippen LogP contribution is -2.46. The second-order valence-electron chi connectivity index (χ2n) is 4.50. The van der Waals surface area contributed by atoms with Gasteiger partial charge in [-0.2, -0.15) is 13.1 Å². The number of nitrogens with one attached hydrogen (secondary N) is 2. The molecule has 3 N–H and O–H groups in total. The minimum absolute atomic E-state index is 0.0490. The molecule has 0 aromatic heterocycles. The predicted octanol–water partition coefficient (Wildman–Crippen LogP) is 0.618. The van der Waals surface area contributed by atoms with Gasteiger partial charge in [0.05, 0.1) is 5.60 Å². The van der Waals surface area contributed by atoms with Crippen molar-refractivity contribution in [3.63, 3.8) is 0 Å². The molecule has 0 aromatic carbocycles. The molecule has 0 atom stereocenters. The molecule has 0 spiro atoms. The summed E-state index contributed by atoms with van der Waals surface area (Å²) in [4.78, 5) is 0. The van der Waals surface area contributed by atoms with E-state index >= 15 is 0 Å². The van der Waals surface area contributed by atoms with Gasteiger partial charge in [0.15, 0.2) is 0 Å². The van der Waals surface area contributed by atoms with Crippen molar-refractivity contribution in [1.82, 2.24) is 9.44 Å². The third-order valence-electron chi connectivity index (χ3n) is 2.59. The maximum atomic E-state index is 11.5. The van der Waals surface area contributed by atoms with Crippen molar-refractivity contribution in [2.45, 2.75) is 46.1 Å². The first kappa shape index (κ1) is 15.8. The van der Waals surface area contributed by atoms with Crippen LogP contribution in [0.5, 0.6) is 0 Å². The van der Waals surface area contributed by atoms with Crippen molar-refractivity contribution in [3.8, 4) is 0 Å². The van der Waals surface area contributed by atoms with E-state index in [-0.39, 0.29) is 12.5 Å². The zero-order valence-corrected chi connectivity index (χ0v) is 11.4. The zero-order valence-electron chi connectivity index (χ0n) is 10.6. The van der Waals surface area contributed by atoms with Crippen LogP contribution in [0.1, 0.15) is 40.5 Å². The Hall–Kier alpha value is -0.170. The highest BCUT2D eigenvalue weighted by Crippen LogP contribution is 2.12. The molecule has 0 rings (SSSR count). The molecule has 6 heteroatoms. The van der Waals surface area contributed by atoms with E-state index in [2.05, 4.69) is 9.44 Å². The molecule has 5 nitrogen and oxygen atoms in total. The summed E-state index contributed by atoms with van der Waals surface area (Å²) in [6, 6.07) is 0. The van der Waals surface area contributed by atoms with Crippen molar-refractivity contribution in [3.05, 3.63) is 0 Å². The third kappa shape index (κ3) is 6.42. The Kier molecular flexibility index (Phi) is 6.47. The maximum absolute atomic E-state index is 11.5. The lowest BCUT2D eigenvalue weighted by molar-refractivity contribution is 0.0376. The van der Waals surface area contributed by atoms with Crippen LogP contribution in [0.15, 0.2) is 0 Å². The highest BCUT2D eigenvalue weighted by Gasteiger charge is 2.24. The molecule has 98 valence electrons. The SMILES string of the molecule is CCC(O)(CC)CNS(=O)(=O)NCC(C)C. The summed E-state index contributed by atoms with van der Waals surface area (Å²) in [5.41, 5.74) is -0.952. The Balaban J connectivity index is 4.18. The fraction of sp³-hybridized carbons (Fsp3) is 1.00. The van der Waals surface area contributed by atoms with Crippen molar-refractivity contribution < 1.29 is 13.5 Å². The van der Waals surface area contributed by atoms with Gasteiger partial charge in [0, 0.05) is 13.1 Å². The van der Waals surface area contributed by atoms with E-state index in [1.807, 2.05) is 27.7 Å². The molecule has 0 unspecified atom stereocenters. The smallest absolute Gasteiger partial charge is 0.277 e. The standard InChI is InChI=1S/C10H24N2O3S/c1-5-10(13,6-2)8-12-16(14,15)11-7-9(3)4/h9,11-13H,5-8H2,1-4H3. The number of rotatable bonds is 8. The van der Waals surface area contributed by atoms with Gasteiger partial charge < -0.3 is 5.11 Å². The Labute approximate surface area is 98.8 Å². The van der Waals surface area contributed by atoms with Crippen molar-refractivity contribution in [2.24, 2.45) is 5.92 Å². The summed E-state index contributed by atoms with van der Waals surface area (Å²) in [5.74, 6) is 0.257. The number of hydrogen-bond acceptors (Lipinski definition) is 3. The first-order chi connectivity index (χ1) is 7.24. The van der Waals surface area contributed by atoms with Crippen LogP contribution in [0.3, 0.4) is 0 Å². The van der Waals surface area contributed by atoms with Gasteiger partial charge in [-0.3, -0.25) is 0 Å². The van der Waals surface area contributed by atoms with Crippen LogP contribution in [0, 0.1) is 5.92 Å². The molecule has 0 saturated heterocycles. The summed E-state index contributed by atoms with van der Waals surface area (Å²) in [5, 5.41) is 9.91. The average Bonchev–Trinajstić information content (AvgIpc) is 2.24. The number of aliphatic hydroxyl groups is 1. The van der Waals surface area contributed by atoms with Gasteiger partial charge in [0.1, 0.15) is 0 Å². The normalized spacial score (nSPS) is 13.4. The molecule has 0 bridgehead atoms. The molecule has 0 amide bonds. The van der Waals surface area contributed by atoms with Crippen LogP contribution in [0.25, 0.3) is 0 Å². The van der Waals surface area contributed by atoms with Gasteiger partial charge in [0.25, 0.3) is 10.2 Å². The minimum atomic E-state index is -3.49. The van der Waals surface area contributed by atoms with Crippen molar-refractivity contribution in [2.75, 3.05) is 13.1 Å². The van der Waals surface area contributed by atoms with E-state index in [1.165, 1.54) is 0 Å². The average molecular weight is 252 g/mol. The Morgan fingerprint density at radius 3 is 2.06 bits per heavy atom. The summed E-state index contributed by atoms with van der Waals surface area (Å²) < 4.78 is 27.8. The topological polar surface area (TPSA) is 78.4 Å². The fourth-order valence-corrected chi connectivity index (χ4v) is 2.17. The van der Waals surface area contributed by atoms with Crippen LogP contribution < -0.4 is 9.44 Å². The van der Waals surface area contributed by atoms with Crippen molar-refractivity contribution >= 4 is 10.2 Å². The monoisotopic (exact) mass is 252 g/mol. The lowest BCUT2D eigenvalue weighted by atomic mass is 9.98. The second kappa shape index (κ2) is 6.54. The Bertz CT molecular complexity index is 284. The Morgan fingerprint density at radius 1 is 1.19 bits per heavy atom. The summed E-state index contributed by atoms with van der Waals surface area (Å²) in [6.45, 7) is 7.96. The molecule has 0 fully saturated rings. The highest BCUT2D eigenvalue weighted by molar-refractivity contribution is 7.87. The van der Waals surface area contributed by atoms with Gasteiger partial charge in [0.2, 0.25) is 0 Å². The second-order valence-corrected chi connectivity index (χ2v) is 6.08. The van der Waals surface area contributed by atoms with E-state index in [0.717, 1.165) is 0 Å². The van der Waals surface area contributed by atoms with Crippen LogP contribution >= 0.6 is 0 Å². The van der Waals surface area contributed by atoms with E-state index in [9.17, 15) is 13.5 Å². The predicted molar refractivity (Wildman–Crippen MR) is 65.3 cm³/mol. The fourth-order valence-electron chi connectivity index (χ4n) is 1.06. The van der Waals surface area contributed by atoms with E-state index in [1.54, 1.807) is 0 Å². The van der Waals surface area contributed by atoms with Gasteiger partial charge in [-0.25, -0.2) is 4.72 Å². The van der Waals surface area contributed by atoms with Gasteiger partial charge in [-0.05, 0) is 18.8 Å². The highest BCUT2D eigenvalue weighted by atomic mass is 32.2. The molecule has 0 aliphatic rings. The van der Waals surface area contributed by atoms with Crippen LogP contribution in [0.4, 0.5) is 0 Å². The summed E-state index contributed by atoms with van der Waals surface area (Å²) in [7, 11) is -3.49. The van der Waals surface area contributed by atoms with Crippen LogP contribution in [-0.4, -0.2) is 32.2 Å². The quantitative estimate of drug-likeness (QED) is 0.592. The molecule has 0 heterocycles. The van der Waals surface area contributed by atoms with E-state index in [0.29, 0.717) is 19.4 Å². The molecule has 0 saturated carbocycles. The van der Waals surface area contributed by atoms with Crippen LogP contribution in [-0.2, 0) is 10.2 Å². The molecule has 0 aliphatic carbocycles. The third-order valence-corrected chi connectivity index (χ3v) is 3.66. The lowest BCUT2D eigenvalue weighted by Gasteiger charge is -2.25. The molecular weight excluding hydrogens is 228 g/mol. The molecule has 0 radical (unpaired) electrons. The van der Waals surface area contributed by atoms with Crippen molar-refractivity contribution in [1.29, 1.82) is 0 Å². The molecule has 16 heavy (non-hydrogen) atoms. The van der Waals surface area contributed by atoms with Gasteiger partial charge >= 0.3 is 0 Å². The number of hydrogen-bond donors (Lipinski definition) is 3.